The summed E-state index contributed by atoms with van der Waals surface area (Å²) in [6.45, 7) is 8.57. The third kappa shape index (κ3) is 4.86. The van der Waals surface area contributed by atoms with Crippen LogP contribution in [-0.4, -0.2) is 45.1 Å². The van der Waals surface area contributed by atoms with Crippen LogP contribution in [0.5, 0.6) is 17.2 Å². The Morgan fingerprint density at radius 2 is 1.82 bits per heavy atom. The highest BCUT2D eigenvalue weighted by molar-refractivity contribution is 6.51. The molecule has 0 bridgehead atoms. The fourth-order valence-electron chi connectivity index (χ4n) is 4.76. The summed E-state index contributed by atoms with van der Waals surface area (Å²) in [5.74, 6) is -0.745. The Morgan fingerprint density at radius 1 is 1.05 bits per heavy atom. The second-order valence-electron chi connectivity index (χ2n) is 10.1. The van der Waals surface area contributed by atoms with Crippen LogP contribution >= 0.6 is 0 Å². The van der Waals surface area contributed by atoms with Gasteiger partial charge in [0.2, 0.25) is 5.95 Å². The number of rotatable bonds is 8. The summed E-state index contributed by atoms with van der Waals surface area (Å²) in [5.41, 5.74) is 2.80. The van der Waals surface area contributed by atoms with Crippen LogP contribution in [0.1, 0.15) is 43.5 Å². The number of amides is 1. The average molecular weight is 542 g/mol. The van der Waals surface area contributed by atoms with Crippen molar-refractivity contribution in [3.63, 3.8) is 0 Å². The number of phenols is 1. The van der Waals surface area contributed by atoms with E-state index in [4.69, 9.17) is 9.47 Å². The van der Waals surface area contributed by atoms with Gasteiger partial charge in [-0.3, -0.25) is 14.5 Å². The summed E-state index contributed by atoms with van der Waals surface area (Å²) >= 11 is 0. The Bertz CT molecular complexity index is 1600. The number of hydrogen-bond acceptors (Lipinski definition) is 7. The van der Waals surface area contributed by atoms with Crippen LogP contribution in [0, 0.1) is 12.8 Å². The summed E-state index contributed by atoms with van der Waals surface area (Å²) < 4.78 is 11.4. The summed E-state index contributed by atoms with van der Waals surface area (Å²) in [7, 11) is 0. The van der Waals surface area contributed by atoms with Crippen molar-refractivity contribution in [1.82, 2.24) is 9.97 Å². The smallest absolute Gasteiger partial charge is 0.302 e. The van der Waals surface area contributed by atoms with Crippen molar-refractivity contribution < 1.29 is 29.3 Å². The van der Waals surface area contributed by atoms with Gasteiger partial charge in [0.15, 0.2) is 11.5 Å². The number of ketones is 1. The molecule has 5 rings (SSSR count). The van der Waals surface area contributed by atoms with E-state index in [1.165, 1.54) is 11.0 Å². The van der Waals surface area contributed by atoms with Crippen LogP contribution in [0.2, 0.25) is 0 Å². The minimum atomic E-state index is -1.04. The van der Waals surface area contributed by atoms with E-state index in [-0.39, 0.29) is 28.8 Å². The van der Waals surface area contributed by atoms with E-state index in [0.29, 0.717) is 47.0 Å². The number of para-hydroxylation sites is 2. The van der Waals surface area contributed by atoms with Gasteiger partial charge >= 0.3 is 5.91 Å². The molecule has 0 saturated carbocycles. The molecule has 9 nitrogen and oxygen atoms in total. The van der Waals surface area contributed by atoms with Gasteiger partial charge in [-0.2, -0.15) is 0 Å². The predicted octanol–water partition coefficient (Wildman–Crippen LogP) is 5.64. The van der Waals surface area contributed by atoms with Gasteiger partial charge in [0.25, 0.3) is 5.78 Å². The number of nitrogens with zero attached hydrogens (tertiary/aromatic N) is 2. The fraction of sp³-hybridized carbons (Fsp3) is 0.258. The maximum atomic E-state index is 13.6. The lowest BCUT2D eigenvalue weighted by molar-refractivity contribution is -0.132. The number of aromatic amines is 1. The van der Waals surface area contributed by atoms with Gasteiger partial charge in [-0.05, 0) is 73.4 Å². The average Bonchev–Trinajstić information content (AvgIpc) is 3.47. The van der Waals surface area contributed by atoms with Gasteiger partial charge < -0.3 is 24.7 Å². The Kier molecular flexibility index (Phi) is 7.21. The Morgan fingerprint density at radius 3 is 2.52 bits per heavy atom. The quantitative estimate of drug-likeness (QED) is 0.150. The molecular weight excluding hydrogens is 510 g/mol. The number of H-pyrrole nitrogens is 1. The minimum Gasteiger partial charge on any atom is -0.507 e. The maximum Gasteiger partial charge on any atom is 0.302 e. The van der Waals surface area contributed by atoms with Gasteiger partial charge in [0.1, 0.15) is 11.5 Å². The molecule has 3 aromatic carbocycles. The van der Waals surface area contributed by atoms with E-state index in [9.17, 15) is 19.8 Å². The molecule has 1 aliphatic heterocycles. The molecule has 1 aliphatic rings. The van der Waals surface area contributed by atoms with Crippen LogP contribution in [0.15, 0.2) is 66.2 Å². The van der Waals surface area contributed by atoms with Crippen LogP contribution < -0.4 is 14.4 Å². The van der Waals surface area contributed by atoms with Crippen molar-refractivity contribution in [3.05, 3.63) is 82.9 Å². The first-order chi connectivity index (χ1) is 19.2. The monoisotopic (exact) mass is 541 g/mol. The SMILES string of the molecule is CCOc1cc(C2/C(=C(\O)c3ccc(OCC(C)C)c(C)c3)C(=O)C(=O)N2c2nc3ccccc3[nH]2)ccc1O. The molecule has 1 fully saturated rings. The van der Waals surface area contributed by atoms with Crippen LogP contribution in [-0.2, 0) is 9.59 Å². The zero-order valence-electron chi connectivity index (χ0n) is 22.8. The molecule has 0 radical (unpaired) electrons. The van der Waals surface area contributed by atoms with E-state index in [2.05, 4.69) is 23.8 Å². The number of anilines is 1. The second-order valence-corrected chi connectivity index (χ2v) is 10.1. The molecule has 1 aromatic heterocycles. The number of benzene rings is 3. The van der Waals surface area contributed by atoms with E-state index >= 15 is 0 Å². The number of hydrogen-bond donors (Lipinski definition) is 3. The highest BCUT2D eigenvalue weighted by Gasteiger charge is 2.48. The minimum absolute atomic E-state index is 0.0844. The van der Waals surface area contributed by atoms with Crippen molar-refractivity contribution in [2.45, 2.75) is 33.7 Å². The predicted molar refractivity (Wildman–Crippen MR) is 152 cm³/mol. The number of carbonyl (C=O) groups is 2. The summed E-state index contributed by atoms with van der Waals surface area (Å²) in [5, 5.41) is 21.8. The van der Waals surface area contributed by atoms with Crippen LogP contribution in [0.4, 0.5) is 5.95 Å². The molecule has 9 heteroatoms. The first-order valence-corrected chi connectivity index (χ1v) is 13.1. The fourth-order valence-corrected chi connectivity index (χ4v) is 4.76. The van der Waals surface area contributed by atoms with Crippen molar-refractivity contribution in [2.75, 3.05) is 18.1 Å². The normalized spacial score (nSPS) is 16.7. The molecule has 0 spiro atoms. The number of aliphatic hydroxyl groups is 1. The van der Waals surface area contributed by atoms with E-state index in [1.807, 2.05) is 25.1 Å². The lowest BCUT2D eigenvalue weighted by Gasteiger charge is -2.23. The Balaban J connectivity index is 1.67. The number of aromatic nitrogens is 2. The molecule has 3 N–H and O–H groups in total. The first-order valence-electron chi connectivity index (χ1n) is 13.1. The van der Waals surface area contributed by atoms with Crippen molar-refractivity contribution in [1.29, 1.82) is 0 Å². The van der Waals surface area contributed by atoms with Crippen molar-refractivity contribution in [3.8, 4) is 17.2 Å². The molecule has 1 saturated heterocycles. The number of phenolic OH excluding ortho intramolecular Hbond substituents is 1. The van der Waals surface area contributed by atoms with E-state index in [0.717, 1.165) is 5.56 Å². The molecule has 1 amide bonds. The van der Waals surface area contributed by atoms with Crippen molar-refractivity contribution >= 4 is 34.4 Å². The first kappa shape index (κ1) is 26.8. The number of nitrogens with one attached hydrogen (secondary N) is 1. The van der Waals surface area contributed by atoms with Crippen LogP contribution in [0.25, 0.3) is 16.8 Å². The van der Waals surface area contributed by atoms with E-state index in [1.54, 1.807) is 43.3 Å². The third-order valence-electron chi connectivity index (χ3n) is 6.67. The van der Waals surface area contributed by atoms with Crippen LogP contribution in [0.3, 0.4) is 0 Å². The lowest BCUT2D eigenvalue weighted by Crippen LogP contribution is -2.30. The Labute approximate surface area is 231 Å². The maximum absolute atomic E-state index is 13.6. The van der Waals surface area contributed by atoms with Gasteiger partial charge in [-0.1, -0.05) is 32.0 Å². The number of fused-ring (bicyclic) bond motifs is 1. The second kappa shape index (κ2) is 10.8. The largest absolute Gasteiger partial charge is 0.507 e. The zero-order valence-corrected chi connectivity index (χ0v) is 22.8. The molecule has 40 heavy (non-hydrogen) atoms. The van der Waals surface area contributed by atoms with E-state index < -0.39 is 17.7 Å². The number of aromatic hydroxyl groups is 1. The molecule has 1 unspecified atom stereocenters. The van der Waals surface area contributed by atoms with Gasteiger partial charge in [-0.25, -0.2) is 4.98 Å². The van der Waals surface area contributed by atoms with Gasteiger partial charge in [-0.15, -0.1) is 0 Å². The number of aliphatic hydroxyl groups excluding tert-OH is 1. The molecule has 1 atom stereocenters. The topological polar surface area (TPSA) is 125 Å². The van der Waals surface area contributed by atoms with Crippen molar-refractivity contribution in [2.24, 2.45) is 5.92 Å². The summed E-state index contributed by atoms with van der Waals surface area (Å²) in [6.07, 6.45) is 0. The number of Topliss-reactive ketones (excluding diaryl/α,β-unsaturated/α-hetero) is 1. The zero-order chi connectivity index (χ0) is 28.6. The van der Waals surface area contributed by atoms with Gasteiger partial charge in [0.05, 0.1) is 35.9 Å². The lowest BCUT2D eigenvalue weighted by atomic mass is 9.94. The summed E-state index contributed by atoms with van der Waals surface area (Å²) in [6, 6.07) is 15.9. The highest BCUT2D eigenvalue weighted by Crippen LogP contribution is 2.44. The number of aryl methyl sites for hydroxylation is 1. The standard InChI is InChI=1S/C31H31N3O6/c1-5-39-25-15-19(10-12-23(25)35)27-26(28(36)20-11-13-24(18(4)14-20)40-16-17(2)3)29(37)30(38)34(27)31-32-21-8-6-7-9-22(21)33-31/h6-15,17,27,35-36H,5,16H2,1-4H3,(H,32,33)/b28-26+. The Hall–Kier alpha value is -4.79. The number of carbonyl (C=O) groups excluding carboxylic acids is 2. The highest BCUT2D eigenvalue weighted by atomic mass is 16.5. The third-order valence-corrected chi connectivity index (χ3v) is 6.67. The molecule has 4 aromatic rings. The molecule has 0 aliphatic carbocycles. The number of ether oxygens (including phenoxy) is 2. The number of imidazole rings is 1. The molecule has 206 valence electrons. The molecule has 2 heterocycles. The molecular formula is C31H31N3O6. The summed E-state index contributed by atoms with van der Waals surface area (Å²) in [4.78, 5) is 36.0. The van der Waals surface area contributed by atoms with Gasteiger partial charge in [0, 0.05) is 5.56 Å².